The third kappa shape index (κ3) is 3.45. The molecular weight excluding hydrogens is 256 g/mol. The van der Waals surface area contributed by atoms with E-state index in [2.05, 4.69) is 19.9 Å². The second-order valence-corrected chi connectivity index (χ2v) is 6.80. The van der Waals surface area contributed by atoms with Crippen LogP contribution in [0.2, 0.25) is 0 Å². The third-order valence-corrected chi connectivity index (χ3v) is 4.28. The summed E-state index contributed by atoms with van der Waals surface area (Å²) in [6, 6.07) is 6.08. The lowest BCUT2D eigenvalue weighted by atomic mass is 10.1. The van der Waals surface area contributed by atoms with Gasteiger partial charge in [0.2, 0.25) is 0 Å². The van der Waals surface area contributed by atoms with E-state index < -0.39 is 0 Å². The van der Waals surface area contributed by atoms with Gasteiger partial charge in [0.15, 0.2) is 0 Å². The molecule has 0 aliphatic heterocycles. The van der Waals surface area contributed by atoms with E-state index in [1.807, 2.05) is 26.0 Å². The maximum Gasteiger partial charge on any atom is 0.146 e. The van der Waals surface area contributed by atoms with Gasteiger partial charge in [-0.2, -0.15) is 0 Å². The molecule has 0 fully saturated rings. The average Bonchev–Trinajstić information content (AvgIpc) is 2.78. The van der Waals surface area contributed by atoms with Crippen molar-refractivity contribution in [2.24, 2.45) is 5.73 Å². The Bertz CT molecular complexity index is 557. The molecular formula is C15H22N2OS. The monoisotopic (exact) mass is 278 g/mol. The second-order valence-electron chi connectivity index (χ2n) is 5.74. The summed E-state index contributed by atoms with van der Waals surface area (Å²) in [5, 5.41) is 1.18. The molecule has 2 N–H and O–H groups in total. The van der Waals surface area contributed by atoms with Crippen molar-refractivity contribution in [3.05, 3.63) is 23.2 Å². The summed E-state index contributed by atoms with van der Waals surface area (Å²) in [4.78, 5) is 4.74. The summed E-state index contributed by atoms with van der Waals surface area (Å²) < 4.78 is 7.01. The molecule has 0 saturated heterocycles. The smallest absolute Gasteiger partial charge is 0.146 e. The first-order chi connectivity index (χ1) is 8.90. The molecule has 0 aliphatic rings. The van der Waals surface area contributed by atoms with Gasteiger partial charge < -0.3 is 10.5 Å². The minimum absolute atomic E-state index is 0.336. The van der Waals surface area contributed by atoms with Crippen molar-refractivity contribution >= 4 is 21.6 Å². The van der Waals surface area contributed by atoms with Gasteiger partial charge in [-0.25, -0.2) is 4.98 Å². The Morgan fingerprint density at radius 3 is 2.79 bits per heavy atom. The number of fused-ring (bicyclic) bond motifs is 1. The highest BCUT2D eigenvalue weighted by Gasteiger charge is 2.16. The number of rotatable bonds is 5. The van der Waals surface area contributed by atoms with E-state index in [0.717, 1.165) is 17.7 Å². The Hall–Kier alpha value is -1.13. The Morgan fingerprint density at radius 1 is 1.42 bits per heavy atom. The number of nitrogens with two attached hydrogens (primary N) is 1. The van der Waals surface area contributed by atoms with Crippen LogP contribution in [-0.2, 0) is 0 Å². The minimum atomic E-state index is -0.336. The fourth-order valence-electron chi connectivity index (χ4n) is 1.71. The topological polar surface area (TPSA) is 48.1 Å². The van der Waals surface area contributed by atoms with Crippen molar-refractivity contribution in [3.63, 3.8) is 0 Å². The Labute approximate surface area is 118 Å². The number of ether oxygens (including phenoxy) is 1. The van der Waals surface area contributed by atoms with Crippen LogP contribution in [0, 0.1) is 0 Å². The summed E-state index contributed by atoms with van der Waals surface area (Å²) >= 11 is 1.76. The van der Waals surface area contributed by atoms with Gasteiger partial charge in [0.1, 0.15) is 17.9 Å². The molecule has 0 saturated carbocycles. The van der Waals surface area contributed by atoms with Crippen molar-refractivity contribution in [1.82, 2.24) is 4.98 Å². The normalized spacial score (nSPS) is 13.7. The Balaban J connectivity index is 2.31. The standard InChI is InChI=1S/C15H22N2OS/c1-5-10(2)14-17-13-11(18-9-15(3,4)16)7-6-8-12(13)19-14/h6-8,10H,5,9,16H2,1-4H3. The van der Waals surface area contributed by atoms with Gasteiger partial charge in [-0.3, -0.25) is 0 Å². The van der Waals surface area contributed by atoms with Crippen LogP contribution in [0.5, 0.6) is 5.75 Å². The van der Waals surface area contributed by atoms with E-state index in [0.29, 0.717) is 12.5 Å². The summed E-state index contributed by atoms with van der Waals surface area (Å²) in [5.41, 5.74) is 6.59. The first-order valence-electron chi connectivity index (χ1n) is 6.72. The molecule has 1 aromatic heterocycles. The number of hydrogen-bond donors (Lipinski definition) is 1. The fourth-order valence-corrected chi connectivity index (χ4v) is 2.83. The largest absolute Gasteiger partial charge is 0.489 e. The van der Waals surface area contributed by atoms with Gasteiger partial charge in [-0.15, -0.1) is 11.3 Å². The molecule has 4 heteroatoms. The molecule has 0 radical (unpaired) electrons. The average molecular weight is 278 g/mol. The number of para-hydroxylation sites is 1. The van der Waals surface area contributed by atoms with Crippen molar-refractivity contribution in [2.45, 2.75) is 45.6 Å². The lowest BCUT2D eigenvalue weighted by Crippen LogP contribution is -2.38. The van der Waals surface area contributed by atoms with E-state index in [1.165, 1.54) is 9.71 Å². The van der Waals surface area contributed by atoms with Crippen LogP contribution in [0.15, 0.2) is 18.2 Å². The van der Waals surface area contributed by atoms with Crippen molar-refractivity contribution in [3.8, 4) is 5.75 Å². The number of aromatic nitrogens is 1. The molecule has 1 heterocycles. The highest BCUT2D eigenvalue weighted by molar-refractivity contribution is 7.18. The molecule has 1 atom stereocenters. The van der Waals surface area contributed by atoms with E-state index >= 15 is 0 Å². The lowest BCUT2D eigenvalue weighted by molar-refractivity contribution is 0.245. The van der Waals surface area contributed by atoms with Gasteiger partial charge in [0.25, 0.3) is 0 Å². The molecule has 1 unspecified atom stereocenters. The van der Waals surface area contributed by atoms with Gasteiger partial charge in [-0.05, 0) is 32.4 Å². The predicted octanol–water partition coefficient (Wildman–Crippen LogP) is 3.93. The summed E-state index contributed by atoms with van der Waals surface area (Å²) in [6.07, 6.45) is 1.10. The third-order valence-electron chi connectivity index (χ3n) is 3.03. The van der Waals surface area contributed by atoms with Crippen LogP contribution in [0.3, 0.4) is 0 Å². The molecule has 0 aliphatic carbocycles. The first kappa shape index (κ1) is 14.3. The van der Waals surface area contributed by atoms with Crippen LogP contribution in [-0.4, -0.2) is 17.1 Å². The molecule has 2 rings (SSSR count). The van der Waals surface area contributed by atoms with Gasteiger partial charge in [0.05, 0.1) is 9.71 Å². The number of hydrogen-bond acceptors (Lipinski definition) is 4. The van der Waals surface area contributed by atoms with Gasteiger partial charge in [-0.1, -0.05) is 19.9 Å². The maximum atomic E-state index is 5.96. The number of thiazole rings is 1. The van der Waals surface area contributed by atoms with Crippen LogP contribution in [0.1, 0.15) is 45.0 Å². The number of nitrogens with zero attached hydrogens (tertiary/aromatic N) is 1. The first-order valence-corrected chi connectivity index (χ1v) is 7.53. The molecule has 1 aromatic carbocycles. The van der Waals surface area contributed by atoms with Crippen LogP contribution >= 0.6 is 11.3 Å². The summed E-state index contributed by atoms with van der Waals surface area (Å²) in [5.74, 6) is 1.33. The molecule has 0 amide bonds. The van der Waals surface area contributed by atoms with Crippen LogP contribution in [0.4, 0.5) is 0 Å². The molecule has 104 valence electrons. The van der Waals surface area contributed by atoms with E-state index in [4.69, 9.17) is 15.5 Å². The van der Waals surface area contributed by atoms with Crippen LogP contribution < -0.4 is 10.5 Å². The Morgan fingerprint density at radius 2 is 2.16 bits per heavy atom. The zero-order valence-corrected chi connectivity index (χ0v) is 12.9. The molecule has 2 aromatic rings. The zero-order chi connectivity index (χ0) is 14.0. The van der Waals surface area contributed by atoms with E-state index in [9.17, 15) is 0 Å². The van der Waals surface area contributed by atoms with E-state index in [-0.39, 0.29) is 5.54 Å². The number of benzene rings is 1. The SMILES string of the molecule is CCC(C)c1nc2c(OCC(C)(C)N)cccc2s1. The second kappa shape index (κ2) is 5.47. The fraction of sp³-hybridized carbons (Fsp3) is 0.533. The highest BCUT2D eigenvalue weighted by Crippen LogP contribution is 2.33. The predicted molar refractivity (Wildman–Crippen MR) is 82.1 cm³/mol. The molecule has 0 spiro atoms. The summed E-state index contributed by atoms with van der Waals surface area (Å²) in [6.45, 7) is 8.80. The van der Waals surface area contributed by atoms with Gasteiger partial charge >= 0.3 is 0 Å². The maximum absolute atomic E-state index is 5.96. The Kier molecular flexibility index (Phi) is 4.11. The highest BCUT2D eigenvalue weighted by atomic mass is 32.1. The van der Waals surface area contributed by atoms with Gasteiger partial charge in [0, 0.05) is 11.5 Å². The zero-order valence-electron chi connectivity index (χ0n) is 12.1. The lowest BCUT2D eigenvalue weighted by Gasteiger charge is -2.19. The van der Waals surface area contributed by atoms with E-state index in [1.54, 1.807) is 11.3 Å². The minimum Gasteiger partial charge on any atom is -0.489 e. The van der Waals surface area contributed by atoms with Crippen molar-refractivity contribution in [1.29, 1.82) is 0 Å². The van der Waals surface area contributed by atoms with Crippen molar-refractivity contribution in [2.75, 3.05) is 6.61 Å². The molecule has 19 heavy (non-hydrogen) atoms. The van der Waals surface area contributed by atoms with Crippen LogP contribution in [0.25, 0.3) is 10.2 Å². The molecule has 0 bridgehead atoms. The van der Waals surface area contributed by atoms with Crippen molar-refractivity contribution < 1.29 is 4.74 Å². The molecule has 3 nitrogen and oxygen atoms in total. The summed E-state index contributed by atoms with van der Waals surface area (Å²) in [7, 11) is 0. The quantitative estimate of drug-likeness (QED) is 0.901.